The lowest BCUT2D eigenvalue weighted by Gasteiger charge is -2.15. The molecule has 2 aromatic carbocycles. The summed E-state index contributed by atoms with van der Waals surface area (Å²) in [6.07, 6.45) is -0.956. The fourth-order valence-corrected chi connectivity index (χ4v) is 2.51. The van der Waals surface area contributed by atoms with Crippen molar-refractivity contribution in [2.24, 2.45) is 0 Å². The second-order valence-corrected chi connectivity index (χ2v) is 5.99. The minimum Gasteiger partial charge on any atom is -0.481 e. The quantitative estimate of drug-likeness (QED) is 0.627. The van der Waals surface area contributed by atoms with E-state index in [1.807, 2.05) is 0 Å². The van der Waals surface area contributed by atoms with Crippen LogP contribution >= 0.6 is 0 Å². The number of aromatic nitrogens is 1. The van der Waals surface area contributed by atoms with Crippen molar-refractivity contribution >= 4 is 22.9 Å². The largest absolute Gasteiger partial charge is 0.481 e. The summed E-state index contributed by atoms with van der Waals surface area (Å²) in [5.74, 6) is -1.72. The van der Waals surface area contributed by atoms with E-state index in [4.69, 9.17) is 9.15 Å². The normalized spacial score (nSPS) is 11.8. The third-order valence-corrected chi connectivity index (χ3v) is 3.96. The van der Waals surface area contributed by atoms with Crippen LogP contribution in [0.5, 0.6) is 5.75 Å². The highest BCUT2D eigenvalue weighted by molar-refractivity contribution is 5.84. The van der Waals surface area contributed by atoms with Crippen LogP contribution in [0.2, 0.25) is 0 Å². The van der Waals surface area contributed by atoms with E-state index in [9.17, 15) is 18.8 Å². The van der Waals surface area contributed by atoms with Gasteiger partial charge in [0, 0.05) is 13.0 Å². The van der Waals surface area contributed by atoms with Crippen molar-refractivity contribution in [3.8, 4) is 5.75 Å². The van der Waals surface area contributed by atoms with Gasteiger partial charge in [0.05, 0.1) is 5.52 Å². The minimum atomic E-state index is -0.911. The summed E-state index contributed by atoms with van der Waals surface area (Å²) in [6.45, 7) is 1.58. The molecule has 3 rings (SSSR count). The SMILES string of the molecule is CC(Oc1ccc(F)cc1)C(=O)NNC(=O)CCn1c(=O)oc2ccccc21. The van der Waals surface area contributed by atoms with Crippen LogP contribution in [0.15, 0.2) is 57.7 Å². The Labute approximate surface area is 158 Å². The summed E-state index contributed by atoms with van der Waals surface area (Å²) in [7, 11) is 0. The van der Waals surface area contributed by atoms with Crippen molar-refractivity contribution in [3.63, 3.8) is 0 Å². The van der Waals surface area contributed by atoms with Crippen LogP contribution in [0.3, 0.4) is 0 Å². The molecule has 1 aromatic heterocycles. The average molecular weight is 387 g/mol. The van der Waals surface area contributed by atoms with E-state index in [-0.39, 0.29) is 13.0 Å². The summed E-state index contributed by atoms with van der Waals surface area (Å²) in [6, 6.07) is 12.1. The van der Waals surface area contributed by atoms with Gasteiger partial charge in [-0.2, -0.15) is 0 Å². The lowest BCUT2D eigenvalue weighted by Crippen LogP contribution is -2.47. The molecule has 3 aromatic rings. The predicted molar refractivity (Wildman–Crippen MR) is 97.9 cm³/mol. The summed E-state index contributed by atoms with van der Waals surface area (Å²) in [5, 5.41) is 0. The molecule has 9 heteroatoms. The number of hydrogen-bond donors (Lipinski definition) is 2. The number of fused-ring (bicyclic) bond motifs is 1. The minimum absolute atomic E-state index is 0.0447. The van der Waals surface area contributed by atoms with Crippen molar-refractivity contribution in [1.82, 2.24) is 15.4 Å². The number of nitrogens with one attached hydrogen (secondary N) is 2. The number of benzene rings is 2. The van der Waals surface area contributed by atoms with Gasteiger partial charge in [-0.3, -0.25) is 25.0 Å². The van der Waals surface area contributed by atoms with Crippen molar-refractivity contribution in [2.45, 2.75) is 26.0 Å². The zero-order valence-electron chi connectivity index (χ0n) is 15.0. The van der Waals surface area contributed by atoms with Crippen LogP contribution in [0.4, 0.5) is 4.39 Å². The summed E-state index contributed by atoms with van der Waals surface area (Å²) in [5.41, 5.74) is 5.54. The highest BCUT2D eigenvalue weighted by atomic mass is 19.1. The van der Waals surface area contributed by atoms with Crippen molar-refractivity contribution in [3.05, 3.63) is 64.9 Å². The van der Waals surface area contributed by atoms with Gasteiger partial charge in [-0.05, 0) is 43.3 Å². The van der Waals surface area contributed by atoms with Gasteiger partial charge in [0.2, 0.25) is 5.91 Å². The Hall–Kier alpha value is -3.62. The molecule has 2 N–H and O–H groups in total. The molecule has 0 fully saturated rings. The number of halogens is 1. The molecule has 146 valence electrons. The number of carbonyl (C=O) groups is 2. The Morgan fingerprint density at radius 1 is 1.14 bits per heavy atom. The number of para-hydroxylation sites is 2. The van der Waals surface area contributed by atoms with E-state index in [1.54, 1.807) is 24.3 Å². The molecule has 0 bridgehead atoms. The highest BCUT2D eigenvalue weighted by Crippen LogP contribution is 2.13. The molecule has 2 amide bonds. The fourth-order valence-electron chi connectivity index (χ4n) is 2.51. The van der Waals surface area contributed by atoms with Crippen molar-refractivity contribution in [2.75, 3.05) is 0 Å². The van der Waals surface area contributed by atoms with E-state index in [2.05, 4.69) is 10.9 Å². The number of hydrazine groups is 1. The van der Waals surface area contributed by atoms with Crippen LogP contribution in [-0.4, -0.2) is 22.5 Å². The molecule has 1 unspecified atom stereocenters. The fraction of sp³-hybridized carbons (Fsp3) is 0.211. The summed E-state index contributed by atoms with van der Waals surface area (Å²) >= 11 is 0. The van der Waals surface area contributed by atoms with Crippen molar-refractivity contribution in [1.29, 1.82) is 0 Å². The highest BCUT2D eigenvalue weighted by Gasteiger charge is 2.16. The molecule has 1 atom stereocenters. The first kappa shape index (κ1) is 19.2. The molecule has 0 saturated heterocycles. The van der Waals surface area contributed by atoms with Gasteiger partial charge in [0.1, 0.15) is 11.6 Å². The number of rotatable bonds is 6. The second-order valence-electron chi connectivity index (χ2n) is 5.99. The van der Waals surface area contributed by atoms with Gasteiger partial charge in [0.25, 0.3) is 5.91 Å². The molecule has 0 aliphatic heterocycles. The maximum Gasteiger partial charge on any atom is 0.419 e. The van der Waals surface area contributed by atoms with E-state index < -0.39 is 29.5 Å². The number of hydrogen-bond acceptors (Lipinski definition) is 5. The number of oxazole rings is 1. The summed E-state index contributed by atoms with van der Waals surface area (Å²) in [4.78, 5) is 35.8. The van der Waals surface area contributed by atoms with Crippen LogP contribution in [0, 0.1) is 5.82 Å². The molecule has 1 heterocycles. The Balaban J connectivity index is 1.48. The molecule has 0 radical (unpaired) electrons. The number of nitrogens with zero attached hydrogens (tertiary/aromatic N) is 1. The smallest absolute Gasteiger partial charge is 0.419 e. The molecule has 0 aliphatic rings. The molecule has 8 nitrogen and oxygen atoms in total. The predicted octanol–water partition coefficient (Wildman–Crippen LogP) is 1.74. The Kier molecular flexibility index (Phi) is 5.73. The van der Waals surface area contributed by atoms with Gasteiger partial charge in [0.15, 0.2) is 11.7 Å². The van der Waals surface area contributed by atoms with Crippen LogP contribution < -0.4 is 21.3 Å². The molecular formula is C19H18FN3O5. The number of ether oxygens (including phenoxy) is 1. The van der Waals surface area contributed by atoms with E-state index in [0.717, 1.165) is 0 Å². The first-order chi connectivity index (χ1) is 13.4. The Bertz CT molecular complexity index is 1040. The lowest BCUT2D eigenvalue weighted by atomic mass is 10.3. The van der Waals surface area contributed by atoms with Crippen LogP contribution in [0.25, 0.3) is 11.1 Å². The first-order valence-electron chi connectivity index (χ1n) is 8.53. The van der Waals surface area contributed by atoms with Crippen LogP contribution in [0.1, 0.15) is 13.3 Å². The van der Waals surface area contributed by atoms with E-state index >= 15 is 0 Å². The first-order valence-corrected chi connectivity index (χ1v) is 8.53. The molecular weight excluding hydrogens is 369 g/mol. The maximum absolute atomic E-state index is 12.9. The monoisotopic (exact) mass is 387 g/mol. The van der Waals surface area contributed by atoms with Gasteiger partial charge >= 0.3 is 5.76 Å². The van der Waals surface area contributed by atoms with Crippen molar-refractivity contribution < 1.29 is 23.1 Å². The second kappa shape index (κ2) is 8.38. The topological polar surface area (TPSA) is 103 Å². The zero-order chi connectivity index (χ0) is 20.1. The van der Waals surface area contributed by atoms with Gasteiger partial charge in [-0.15, -0.1) is 0 Å². The average Bonchev–Trinajstić information content (AvgIpc) is 3.01. The third kappa shape index (κ3) is 4.56. The maximum atomic E-state index is 12.9. The molecule has 0 saturated carbocycles. The van der Waals surface area contributed by atoms with E-state index in [0.29, 0.717) is 16.8 Å². The number of amides is 2. The standard InChI is InChI=1S/C19H18FN3O5/c1-12(27-14-8-6-13(20)7-9-14)18(25)22-21-17(24)10-11-23-15-4-2-3-5-16(15)28-19(23)26/h2-9,12H,10-11H2,1H3,(H,21,24)(H,22,25). The van der Waals surface area contributed by atoms with Crippen LogP contribution in [-0.2, 0) is 16.1 Å². The Morgan fingerprint density at radius 2 is 1.86 bits per heavy atom. The molecule has 28 heavy (non-hydrogen) atoms. The molecule has 0 spiro atoms. The van der Waals surface area contributed by atoms with Gasteiger partial charge in [-0.1, -0.05) is 12.1 Å². The van der Waals surface area contributed by atoms with Gasteiger partial charge < -0.3 is 9.15 Å². The number of aryl methyl sites for hydroxylation is 1. The zero-order valence-corrected chi connectivity index (χ0v) is 15.0. The third-order valence-electron chi connectivity index (χ3n) is 3.96. The molecule has 0 aliphatic carbocycles. The lowest BCUT2D eigenvalue weighted by molar-refractivity contribution is -0.132. The summed E-state index contributed by atoms with van der Waals surface area (Å²) < 4.78 is 24.7. The van der Waals surface area contributed by atoms with Gasteiger partial charge in [-0.25, -0.2) is 9.18 Å². The number of carbonyl (C=O) groups excluding carboxylic acids is 2. The van der Waals surface area contributed by atoms with E-state index in [1.165, 1.54) is 35.8 Å². The Morgan fingerprint density at radius 3 is 2.61 bits per heavy atom.